The van der Waals surface area contributed by atoms with Crippen molar-refractivity contribution in [3.05, 3.63) is 0 Å². The molecule has 0 N–H and O–H groups in total. The maximum atomic E-state index is 11.6. The Kier molecular flexibility index (Phi) is 19.4. The van der Waals surface area contributed by atoms with E-state index in [0.29, 0.717) is 99.5 Å². The van der Waals surface area contributed by atoms with Crippen LogP contribution < -0.4 is 0 Å². The molecule has 0 amide bonds. The van der Waals surface area contributed by atoms with Crippen molar-refractivity contribution < 1.29 is 109 Å². The first-order valence-electron chi connectivity index (χ1n) is 36.9. The van der Waals surface area contributed by atoms with Crippen LogP contribution in [0.25, 0.3) is 0 Å². The van der Waals surface area contributed by atoms with E-state index in [1.54, 1.807) is 0 Å². The highest BCUT2D eigenvalue weighted by atomic mass is 16.8. The van der Waals surface area contributed by atoms with Crippen LogP contribution >= 0.6 is 0 Å². The Hall–Kier alpha value is -4.97. The van der Waals surface area contributed by atoms with Gasteiger partial charge >= 0.3 is 53.7 Å². The Morgan fingerprint density at radius 1 is 0.379 bits per heavy atom. The summed E-state index contributed by atoms with van der Waals surface area (Å²) in [6, 6.07) is 0. The van der Waals surface area contributed by atoms with Gasteiger partial charge in [-0.1, -0.05) is 32.1 Å². The number of hydrogen-bond donors (Lipinski definition) is 0. The third-order valence-electron chi connectivity index (χ3n) is 26.3. The van der Waals surface area contributed by atoms with Crippen molar-refractivity contribution in [2.24, 2.45) is 87.8 Å². The van der Waals surface area contributed by atoms with Gasteiger partial charge in [0.25, 0.3) is 0 Å². The Bertz CT molecular complexity index is 2810. The van der Waals surface area contributed by atoms with E-state index in [4.69, 9.17) is 66.3 Å². The minimum atomic E-state index is -0.326. The standard InChI is InChI=1S/2C10H14O2.C9H14O2.C8H10O3.C8H10O2.C7H8O5.2C7H10O2.C6H8O3/c11-10-8-2-6-1-7(3-8)5-9(4-6)12-10;11-9-10(3-4-12-9)6-7-1-2-8(10)5-7;10-8-9(6-7-11-8)4-2-1-3-5-9;9-8-7-4(3-10-8)5-1-2-6(7)11-5;9-8-6-2-5-1-4(6)3-7(5)10-8;8-4-1-3-5(12-4)6-7(11-3)10-2-9-6;8-7-6-3-1-2-5(6)4-9-7;8-7-4-5-2-1-3-6(5)9-7;7-6-3-5-4(9-6)1-2-8-5/h6-9H,1-5H2;7-8H,1-6H2;1-7H2;4-7H,1-3H2;4-7H,1-3H2;3,5-7H,1-2H2;2*5-6H,1-4H2;4-5H,1-3H2. The van der Waals surface area contributed by atoms with E-state index in [9.17, 15) is 43.2 Å². The van der Waals surface area contributed by atoms with Crippen molar-refractivity contribution in [2.45, 2.75) is 266 Å². The van der Waals surface area contributed by atoms with Gasteiger partial charge in [0.1, 0.15) is 36.6 Å². The molecule has 25 aliphatic rings. The SMILES string of the molecule is O=C1CC2CCCC2O1.O=C1CC2OC3OCOC3C2O1.O=C1CC2OCCC2O1.O=C1OC2CC3CC(C2)CC1C3.O=C1OC2CC3CC2CC13.O=C1OCC2C3CCC(O3)C12.O=C1OCC2CCCC12.O=C1OCCC12CC1CCC2C1.O=C1OCCC12CCCCC2. The van der Waals surface area contributed by atoms with E-state index in [1.807, 2.05) is 0 Å². The summed E-state index contributed by atoms with van der Waals surface area (Å²) in [6.07, 6.45) is 34.7. The highest BCUT2D eigenvalue weighted by Gasteiger charge is 2.60. The van der Waals surface area contributed by atoms with Crippen LogP contribution in [0.4, 0.5) is 0 Å². The number of carbonyl (C=O) groups is 9. The lowest BCUT2D eigenvalue weighted by atomic mass is 9.68. The lowest BCUT2D eigenvalue weighted by molar-refractivity contribution is -0.169. The maximum absolute atomic E-state index is 11.6. The molecule has 25 rings (SSSR count). The molecule has 16 heterocycles. The first-order chi connectivity index (χ1) is 46.1. The predicted molar refractivity (Wildman–Crippen MR) is 324 cm³/mol. The van der Waals surface area contributed by atoms with Gasteiger partial charge < -0.3 is 66.3 Å². The molecule has 0 aromatic carbocycles. The van der Waals surface area contributed by atoms with Crippen molar-refractivity contribution in [1.82, 2.24) is 0 Å². The van der Waals surface area contributed by atoms with Gasteiger partial charge in [0, 0.05) is 24.2 Å². The molecule has 12 bridgehead atoms. The zero-order chi connectivity index (χ0) is 65.1. The van der Waals surface area contributed by atoms with E-state index < -0.39 is 0 Å². The molecule has 23 nitrogen and oxygen atoms in total. The first kappa shape index (κ1) is 65.9. The highest BCUT2D eigenvalue weighted by Crippen LogP contribution is 2.60. The van der Waals surface area contributed by atoms with Crippen molar-refractivity contribution >= 4 is 53.7 Å². The second kappa shape index (κ2) is 28.0. The second-order valence-electron chi connectivity index (χ2n) is 31.8. The number of fused-ring (bicyclic) bond motifs is 16. The summed E-state index contributed by atoms with van der Waals surface area (Å²) < 4.78 is 72.1. The molecule has 25 fully saturated rings. The molecule has 23 atom stereocenters. The van der Waals surface area contributed by atoms with E-state index in [1.165, 1.54) is 83.5 Å². The monoisotopic (exact) mass is 1330 g/mol. The van der Waals surface area contributed by atoms with Crippen molar-refractivity contribution in [2.75, 3.05) is 39.8 Å². The molecule has 23 heteroatoms. The van der Waals surface area contributed by atoms with Crippen molar-refractivity contribution in [3.63, 3.8) is 0 Å². The molecule has 9 saturated carbocycles. The molecular formula is C72H98O23. The Morgan fingerprint density at radius 2 is 1.13 bits per heavy atom. The first-order valence-corrected chi connectivity index (χ1v) is 36.9. The molecule has 16 aliphatic heterocycles. The number of carbonyl (C=O) groups excluding carboxylic acids is 9. The molecular weight excluding hydrogens is 1230 g/mol. The molecule has 2 spiro atoms. The summed E-state index contributed by atoms with van der Waals surface area (Å²) in [5, 5.41) is 0. The van der Waals surface area contributed by atoms with E-state index in [-0.39, 0.29) is 138 Å². The Labute approximate surface area is 555 Å². The molecule has 524 valence electrons. The normalized spacial score (nSPS) is 46.0. The van der Waals surface area contributed by atoms with Crippen LogP contribution in [0, 0.1) is 87.8 Å². The molecule has 9 aliphatic carbocycles. The smallest absolute Gasteiger partial charge is 0.312 e. The average molecular weight is 1330 g/mol. The van der Waals surface area contributed by atoms with E-state index in [2.05, 4.69) is 0 Å². The average Bonchev–Trinajstić information content (AvgIpc) is 1.61. The number of cyclic esters (lactones) is 4. The molecule has 16 saturated heterocycles. The lowest BCUT2D eigenvalue weighted by Crippen LogP contribution is -2.39. The largest absolute Gasteiger partial charge is 0.465 e. The molecule has 0 aromatic heterocycles. The topological polar surface area (TPSA) is 283 Å². The summed E-state index contributed by atoms with van der Waals surface area (Å²) >= 11 is 0. The van der Waals surface area contributed by atoms with Gasteiger partial charge in [-0.25, -0.2) is 0 Å². The second-order valence-corrected chi connectivity index (χ2v) is 31.8. The summed E-state index contributed by atoms with van der Waals surface area (Å²) in [5.41, 5.74) is -0.0266. The van der Waals surface area contributed by atoms with Crippen molar-refractivity contribution in [1.29, 1.82) is 0 Å². The van der Waals surface area contributed by atoms with Crippen LogP contribution in [0.5, 0.6) is 0 Å². The Balaban J connectivity index is 0.0000000881. The van der Waals surface area contributed by atoms with Crippen LogP contribution in [0.3, 0.4) is 0 Å². The third-order valence-corrected chi connectivity index (χ3v) is 26.3. The summed E-state index contributed by atoms with van der Waals surface area (Å²) in [6.45, 7) is 3.63. The zero-order valence-electron chi connectivity index (χ0n) is 54.9. The molecule has 23 unspecified atom stereocenters. The minimum Gasteiger partial charge on any atom is -0.465 e. The summed E-state index contributed by atoms with van der Waals surface area (Å²) in [7, 11) is 0. The van der Waals surface area contributed by atoms with Crippen LogP contribution in [-0.4, -0.2) is 161 Å². The maximum Gasteiger partial charge on any atom is 0.312 e. The fraction of sp³-hybridized carbons (Fsp3) is 0.875. The van der Waals surface area contributed by atoms with Crippen molar-refractivity contribution in [3.8, 4) is 0 Å². The fourth-order valence-electron chi connectivity index (χ4n) is 21.5. The summed E-state index contributed by atoms with van der Waals surface area (Å²) in [5.74, 6) is 7.20. The molecule has 0 aromatic rings. The highest BCUT2D eigenvalue weighted by molar-refractivity contribution is 5.80. The van der Waals surface area contributed by atoms with Crippen LogP contribution in [0.2, 0.25) is 0 Å². The Morgan fingerprint density at radius 3 is 1.82 bits per heavy atom. The number of hydrogen-bond acceptors (Lipinski definition) is 23. The summed E-state index contributed by atoms with van der Waals surface area (Å²) in [4.78, 5) is 99.4. The van der Waals surface area contributed by atoms with Crippen LogP contribution in [-0.2, 0) is 109 Å². The van der Waals surface area contributed by atoms with Gasteiger partial charge in [-0.15, -0.1) is 0 Å². The molecule has 0 radical (unpaired) electrons. The van der Waals surface area contributed by atoms with Gasteiger partial charge in [0.15, 0.2) is 25.3 Å². The van der Waals surface area contributed by atoms with Gasteiger partial charge in [-0.3, -0.25) is 43.2 Å². The van der Waals surface area contributed by atoms with Gasteiger partial charge in [0.2, 0.25) is 0 Å². The number of ether oxygens (including phenoxy) is 14. The van der Waals surface area contributed by atoms with E-state index >= 15 is 0 Å². The predicted octanol–water partition coefficient (Wildman–Crippen LogP) is 8.21. The van der Waals surface area contributed by atoms with E-state index in [0.717, 1.165) is 127 Å². The quantitative estimate of drug-likeness (QED) is 0.163. The number of rotatable bonds is 0. The lowest BCUT2D eigenvalue weighted by Gasteiger charge is -2.35. The van der Waals surface area contributed by atoms with Crippen LogP contribution in [0.15, 0.2) is 0 Å². The minimum absolute atomic E-state index is 0.00289. The molecule has 95 heavy (non-hydrogen) atoms. The third kappa shape index (κ3) is 13.7. The van der Waals surface area contributed by atoms with Gasteiger partial charge in [-0.2, -0.15) is 0 Å². The van der Waals surface area contributed by atoms with Gasteiger partial charge in [-0.05, 0) is 177 Å². The van der Waals surface area contributed by atoms with Gasteiger partial charge in [0.05, 0.1) is 99.0 Å². The fourth-order valence-corrected chi connectivity index (χ4v) is 21.5. The van der Waals surface area contributed by atoms with Crippen LogP contribution in [0.1, 0.15) is 199 Å². The zero-order valence-corrected chi connectivity index (χ0v) is 54.9. The number of esters is 9.